The summed E-state index contributed by atoms with van der Waals surface area (Å²) in [5.74, 6) is 0.165. The first kappa shape index (κ1) is 12.7. The van der Waals surface area contributed by atoms with Crippen LogP contribution in [0.25, 0.3) is 0 Å². The Morgan fingerprint density at radius 3 is 1.77 bits per heavy atom. The molecule has 13 heavy (non-hydrogen) atoms. The van der Waals surface area contributed by atoms with E-state index in [9.17, 15) is 4.79 Å². The van der Waals surface area contributed by atoms with Crippen molar-refractivity contribution in [3.63, 3.8) is 0 Å². The van der Waals surface area contributed by atoms with Gasteiger partial charge in [0.05, 0.1) is 0 Å². The minimum Gasteiger partial charge on any atom is -0.334 e. The molecule has 1 amide bonds. The van der Waals surface area contributed by atoms with E-state index < -0.39 is 0 Å². The van der Waals surface area contributed by atoms with Gasteiger partial charge in [-0.3, -0.25) is 4.79 Å². The summed E-state index contributed by atoms with van der Waals surface area (Å²) >= 11 is 0. The highest BCUT2D eigenvalue weighted by Crippen LogP contribution is 2.06. The topological polar surface area (TPSA) is 20.3 Å². The molecule has 0 rings (SSSR count). The molecule has 0 heterocycles. The van der Waals surface area contributed by atoms with E-state index in [1.807, 2.05) is 4.90 Å². The van der Waals surface area contributed by atoms with Gasteiger partial charge in [0.1, 0.15) is 0 Å². The van der Waals surface area contributed by atoms with Crippen molar-refractivity contribution in [1.82, 2.24) is 4.90 Å². The van der Waals surface area contributed by atoms with Crippen molar-refractivity contribution in [2.24, 2.45) is 0 Å². The minimum atomic E-state index is 0.0845. The molecule has 0 saturated heterocycles. The Morgan fingerprint density at radius 2 is 1.54 bits per heavy atom. The Bertz CT molecular complexity index is 197. The van der Waals surface area contributed by atoms with Gasteiger partial charge >= 0.3 is 0 Å². The van der Waals surface area contributed by atoms with Gasteiger partial charge in [0.15, 0.2) is 0 Å². The number of rotatable bonds is 3. The molecule has 0 aromatic heterocycles. The summed E-state index contributed by atoms with van der Waals surface area (Å²) in [4.78, 5) is 13.6. The molecule has 0 atom stereocenters. The molecule has 0 unspecified atom stereocenters. The SMILES string of the molecule is CC(C)N(C(=O)C=S(C)C)C(C)C. The molecule has 0 aliphatic heterocycles. The number of amides is 1. The van der Waals surface area contributed by atoms with Crippen LogP contribution in [-0.2, 0) is 4.79 Å². The molecule has 0 N–H and O–H groups in total. The van der Waals surface area contributed by atoms with Crippen LogP contribution in [0.4, 0.5) is 0 Å². The normalized spacial score (nSPS) is 11.2. The zero-order valence-electron chi connectivity index (χ0n) is 9.50. The zero-order valence-corrected chi connectivity index (χ0v) is 10.3. The van der Waals surface area contributed by atoms with Crippen molar-refractivity contribution in [3.8, 4) is 0 Å². The summed E-state index contributed by atoms with van der Waals surface area (Å²) in [5, 5.41) is 1.81. The molecule has 0 spiro atoms. The second-order valence-corrected chi connectivity index (χ2v) is 5.93. The van der Waals surface area contributed by atoms with Crippen molar-refractivity contribution in [2.45, 2.75) is 39.8 Å². The summed E-state index contributed by atoms with van der Waals surface area (Å²) in [6, 6.07) is 0.569. The average molecular weight is 203 g/mol. The lowest BCUT2D eigenvalue weighted by Crippen LogP contribution is -2.42. The van der Waals surface area contributed by atoms with Gasteiger partial charge in [0.2, 0.25) is 0 Å². The molecule has 0 bridgehead atoms. The molecular formula is C10H21NOS. The zero-order chi connectivity index (χ0) is 10.6. The summed E-state index contributed by atoms with van der Waals surface area (Å²) in [6.45, 7) is 8.20. The summed E-state index contributed by atoms with van der Waals surface area (Å²) in [5.41, 5.74) is 0. The molecule has 78 valence electrons. The second kappa shape index (κ2) is 5.43. The van der Waals surface area contributed by atoms with Crippen molar-refractivity contribution in [2.75, 3.05) is 12.5 Å². The van der Waals surface area contributed by atoms with Crippen LogP contribution in [0.1, 0.15) is 27.7 Å². The summed E-state index contributed by atoms with van der Waals surface area (Å²) in [6.07, 6.45) is 4.10. The van der Waals surface area contributed by atoms with Crippen LogP contribution < -0.4 is 0 Å². The van der Waals surface area contributed by atoms with Crippen molar-refractivity contribution in [3.05, 3.63) is 0 Å². The fourth-order valence-corrected chi connectivity index (χ4v) is 1.89. The van der Waals surface area contributed by atoms with Gasteiger partial charge in [-0.05, 0) is 40.2 Å². The van der Waals surface area contributed by atoms with Crippen LogP contribution in [-0.4, -0.2) is 40.8 Å². The quantitative estimate of drug-likeness (QED) is 0.642. The molecule has 3 heteroatoms. The van der Waals surface area contributed by atoms with Gasteiger partial charge in [0.25, 0.3) is 5.91 Å². The lowest BCUT2D eigenvalue weighted by atomic mass is 10.2. The highest BCUT2D eigenvalue weighted by molar-refractivity contribution is 8.14. The van der Waals surface area contributed by atoms with E-state index >= 15 is 0 Å². The number of hydrogen-bond donors (Lipinski definition) is 0. The highest BCUT2D eigenvalue weighted by atomic mass is 32.2. The number of nitrogens with zero attached hydrogens (tertiary/aromatic N) is 1. The third kappa shape index (κ3) is 4.46. The van der Waals surface area contributed by atoms with Crippen LogP contribution in [0.3, 0.4) is 0 Å². The minimum absolute atomic E-state index is 0.0845. The predicted octanol–water partition coefficient (Wildman–Crippen LogP) is 1.96. The van der Waals surface area contributed by atoms with Crippen molar-refractivity contribution in [1.29, 1.82) is 0 Å². The van der Waals surface area contributed by atoms with Crippen LogP contribution in [0, 0.1) is 0 Å². The summed E-state index contributed by atoms with van der Waals surface area (Å²) in [7, 11) is 0.0845. The smallest absolute Gasteiger partial charge is 0.252 e. The largest absolute Gasteiger partial charge is 0.334 e. The van der Waals surface area contributed by atoms with E-state index in [-0.39, 0.29) is 28.5 Å². The third-order valence-electron chi connectivity index (χ3n) is 1.70. The van der Waals surface area contributed by atoms with Gasteiger partial charge in [0, 0.05) is 17.5 Å². The first-order valence-electron chi connectivity index (χ1n) is 4.59. The van der Waals surface area contributed by atoms with Crippen LogP contribution in [0.5, 0.6) is 0 Å². The molecule has 2 nitrogen and oxygen atoms in total. The Labute approximate surface area is 84.2 Å². The lowest BCUT2D eigenvalue weighted by Gasteiger charge is -2.29. The molecule has 0 aliphatic carbocycles. The fraction of sp³-hybridized carbons (Fsp3) is 0.800. The molecule has 0 aliphatic rings. The van der Waals surface area contributed by atoms with E-state index in [0.29, 0.717) is 0 Å². The van der Waals surface area contributed by atoms with Gasteiger partial charge < -0.3 is 4.90 Å². The van der Waals surface area contributed by atoms with Crippen LogP contribution in [0.2, 0.25) is 0 Å². The van der Waals surface area contributed by atoms with Gasteiger partial charge in [-0.1, -0.05) is 0 Å². The molecule has 0 aromatic rings. The van der Waals surface area contributed by atoms with Gasteiger partial charge in [-0.15, -0.1) is 0 Å². The van der Waals surface area contributed by atoms with Gasteiger partial charge in [-0.25, -0.2) is 0 Å². The van der Waals surface area contributed by atoms with E-state index in [2.05, 4.69) is 40.2 Å². The van der Waals surface area contributed by atoms with Crippen molar-refractivity contribution >= 4 is 21.8 Å². The lowest BCUT2D eigenvalue weighted by molar-refractivity contribution is -0.126. The van der Waals surface area contributed by atoms with Crippen molar-refractivity contribution < 1.29 is 4.79 Å². The second-order valence-electron chi connectivity index (χ2n) is 3.93. The molecule has 0 saturated carbocycles. The first-order chi connectivity index (χ1) is 5.86. The number of hydrogen-bond acceptors (Lipinski definition) is 1. The van der Waals surface area contributed by atoms with Crippen LogP contribution >= 0.6 is 10.5 Å². The maximum Gasteiger partial charge on any atom is 0.252 e. The Hall–Kier alpha value is -0.310. The standard InChI is InChI=1S/C10H21NOS/c1-8(2)11(9(3)4)10(12)7-13(5)6/h7-9H,1-6H3. The average Bonchev–Trinajstić information content (AvgIpc) is 1.81. The number of carbonyl (C=O) groups excluding carboxylic acids is 1. The highest BCUT2D eigenvalue weighted by Gasteiger charge is 2.17. The third-order valence-corrected chi connectivity index (χ3v) is 2.38. The van der Waals surface area contributed by atoms with E-state index in [1.165, 1.54) is 0 Å². The molecule has 0 aromatic carbocycles. The maximum absolute atomic E-state index is 11.7. The molecule has 0 radical (unpaired) electrons. The van der Waals surface area contributed by atoms with E-state index in [1.54, 1.807) is 5.37 Å². The predicted molar refractivity (Wildman–Crippen MR) is 62.6 cm³/mol. The summed E-state index contributed by atoms with van der Waals surface area (Å²) < 4.78 is 0. The fourth-order valence-electron chi connectivity index (χ4n) is 1.37. The Balaban J connectivity index is 4.57. The monoisotopic (exact) mass is 203 g/mol. The first-order valence-corrected chi connectivity index (χ1v) is 6.70. The maximum atomic E-state index is 11.7. The van der Waals surface area contributed by atoms with E-state index in [4.69, 9.17) is 0 Å². The van der Waals surface area contributed by atoms with Crippen LogP contribution in [0.15, 0.2) is 0 Å². The van der Waals surface area contributed by atoms with Gasteiger partial charge in [-0.2, -0.15) is 10.5 Å². The van der Waals surface area contributed by atoms with E-state index in [0.717, 1.165) is 0 Å². The Kier molecular flexibility index (Phi) is 5.30. The molecular weight excluding hydrogens is 182 g/mol. The molecule has 0 fully saturated rings. The Morgan fingerprint density at radius 1 is 1.15 bits per heavy atom. The number of carbonyl (C=O) groups is 1.